The van der Waals surface area contributed by atoms with Crippen molar-refractivity contribution in [1.29, 1.82) is 0 Å². The maximum absolute atomic E-state index is 13.0. The summed E-state index contributed by atoms with van der Waals surface area (Å²) in [6.07, 6.45) is 1.63. The molecule has 0 atom stereocenters. The molecule has 0 aliphatic rings. The van der Waals surface area contributed by atoms with E-state index in [1.165, 1.54) is 18.2 Å². The molecule has 0 saturated carbocycles. The van der Waals surface area contributed by atoms with E-state index in [2.05, 4.69) is 31.1 Å². The molecule has 0 unspecified atom stereocenters. The van der Waals surface area contributed by atoms with Crippen LogP contribution < -0.4 is 5.73 Å². The Kier molecular flexibility index (Phi) is 3.19. The molecule has 0 bridgehead atoms. The van der Waals surface area contributed by atoms with Gasteiger partial charge in [-0.3, -0.25) is 4.98 Å². The molecule has 0 fully saturated rings. The van der Waals surface area contributed by atoms with Gasteiger partial charge in [-0.1, -0.05) is 5.16 Å². The van der Waals surface area contributed by atoms with E-state index in [0.717, 1.165) is 4.47 Å². The van der Waals surface area contributed by atoms with Crippen LogP contribution in [0.3, 0.4) is 0 Å². The molecule has 0 aliphatic heterocycles. The van der Waals surface area contributed by atoms with Crippen LogP contribution in [-0.2, 0) is 0 Å². The highest BCUT2D eigenvalue weighted by Crippen LogP contribution is 2.28. The van der Waals surface area contributed by atoms with Gasteiger partial charge in [-0.15, -0.1) is 0 Å². The predicted octanol–water partition coefficient (Wildman–Crippen LogP) is 3.28. The maximum atomic E-state index is 13.0. The summed E-state index contributed by atoms with van der Waals surface area (Å²) < 4.78 is 18.9. The maximum Gasteiger partial charge on any atom is 0.260 e. The van der Waals surface area contributed by atoms with Crippen molar-refractivity contribution < 1.29 is 8.91 Å². The lowest BCUT2D eigenvalue weighted by Crippen LogP contribution is -1.91. The van der Waals surface area contributed by atoms with Gasteiger partial charge < -0.3 is 10.3 Å². The summed E-state index contributed by atoms with van der Waals surface area (Å²) in [5, 5.41) is 3.86. The fourth-order valence-corrected chi connectivity index (χ4v) is 2.14. The Morgan fingerprint density at radius 3 is 2.85 bits per heavy atom. The van der Waals surface area contributed by atoms with Crippen molar-refractivity contribution in [2.24, 2.45) is 0 Å². The van der Waals surface area contributed by atoms with E-state index >= 15 is 0 Å². The number of nitrogen functional groups attached to an aromatic ring is 1. The zero-order valence-corrected chi connectivity index (χ0v) is 11.6. The Bertz CT molecular complexity index is 775. The van der Waals surface area contributed by atoms with Crippen LogP contribution >= 0.6 is 15.9 Å². The highest BCUT2D eigenvalue weighted by molar-refractivity contribution is 9.10. The van der Waals surface area contributed by atoms with E-state index < -0.39 is 5.82 Å². The average Bonchev–Trinajstić information content (AvgIpc) is 2.88. The molecular weight excluding hydrogens is 327 g/mol. The summed E-state index contributed by atoms with van der Waals surface area (Å²) in [7, 11) is 0. The molecule has 100 valence electrons. The van der Waals surface area contributed by atoms with Gasteiger partial charge in [0.25, 0.3) is 5.89 Å². The van der Waals surface area contributed by atoms with E-state index in [4.69, 9.17) is 10.3 Å². The van der Waals surface area contributed by atoms with Crippen LogP contribution in [-0.4, -0.2) is 15.1 Å². The minimum atomic E-state index is -0.418. The van der Waals surface area contributed by atoms with E-state index in [1.54, 1.807) is 12.3 Å². The second-order valence-electron chi connectivity index (χ2n) is 3.99. The van der Waals surface area contributed by atoms with Gasteiger partial charge in [-0.25, -0.2) is 4.39 Å². The van der Waals surface area contributed by atoms with E-state index in [1.807, 2.05) is 6.07 Å². The summed E-state index contributed by atoms with van der Waals surface area (Å²) in [5.41, 5.74) is 7.02. The molecule has 7 heteroatoms. The molecule has 2 aromatic heterocycles. The van der Waals surface area contributed by atoms with Gasteiger partial charge in [-0.05, 0) is 46.3 Å². The quantitative estimate of drug-likeness (QED) is 0.727. The number of rotatable bonds is 2. The SMILES string of the molecule is Nc1cc(F)ccc1-c1nc(-c2ncccc2Br)no1. The third kappa shape index (κ3) is 2.27. The van der Waals surface area contributed by atoms with E-state index in [9.17, 15) is 4.39 Å². The summed E-state index contributed by atoms with van der Waals surface area (Å²) in [6, 6.07) is 7.59. The van der Waals surface area contributed by atoms with Gasteiger partial charge in [0.2, 0.25) is 5.82 Å². The first kappa shape index (κ1) is 12.7. The number of pyridine rings is 1. The van der Waals surface area contributed by atoms with Gasteiger partial charge in [0.1, 0.15) is 11.5 Å². The third-order valence-corrected chi connectivity index (χ3v) is 3.28. The van der Waals surface area contributed by atoms with Crippen LogP contribution in [0.1, 0.15) is 0 Å². The lowest BCUT2D eigenvalue weighted by molar-refractivity contribution is 0.432. The number of nitrogens with zero attached hydrogens (tertiary/aromatic N) is 3. The van der Waals surface area contributed by atoms with Gasteiger partial charge in [0.15, 0.2) is 0 Å². The molecule has 2 heterocycles. The first-order valence-corrected chi connectivity index (χ1v) is 6.44. The molecule has 0 saturated heterocycles. The number of anilines is 1. The van der Waals surface area contributed by atoms with Crippen molar-refractivity contribution in [3.8, 4) is 23.0 Å². The number of aromatic nitrogens is 3. The van der Waals surface area contributed by atoms with Gasteiger partial charge in [0, 0.05) is 16.4 Å². The molecule has 3 aromatic rings. The number of benzene rings is 1. The number of halogens is 2. The Hall–Kier alpha value is -2.28. The van der Waals surface area contributed by atoms with E-state index in [-0.39, 0.29) is 11.6 Å². The van der Waals surface area contributed by atoms with Crippen molar-refractivity contribution in [3.05, 3.63) is 46.8 Å². The van der Waals surface area contributed by atoms with Gasteiger partial charge >= 0.3 is 0 Å². The lowest BCUT2D eigenvalue weighted by atomic mass is 10.2. The topological polar surface area (TPSA) is 77.8 Å². The number of nitrogens with two attached hydrogens (primary N) is 1. The molecule has 3 rings (SSSR count). The van der Waals surface area contributed by atoms with Crippen LogP contribution in [0.25, 0.3) is 23.0 Å². The van der Waals surface area contributed by atoms with Crippen molar-refractivity contribution >= 4 is 21.6 Å². The molecule has 0 radical (unpaired) electrons. The Morgan fingerprint density at radius 2 is 2.10 bits per heavy atom. The highest BCUT2D eigenvalue weighted by atomic mass is 79.9. The minimum Gasteiger partial charge on any atom is -0.398 e. The zero-order chi connectivity index (χ0) is 14.1. The smallest absolute Gasteiger partial charge is 0.260 e. The van der Waals surface area contributed by atoms with Crippen LogP contribution in [0.2, 0.25) is 0 Å². The third-order valence-electron chi connectivity index (χ3n) is 2.64. The fraction of sp³-hybridized carbons (Fsp3) is 0. The lowest BCUT2D eigenvalue weighted by Gasteiger charge is -1.99. The van der Waals surface area contributed by atoms with Gasteiger partial charge in [0.05, 0.1) is 5.56 Å². The summed E-state index contributed by atoms with van der Waals surface area (Å²) >= 11 is 3.36. The van der Waals surface area contributed by atoms with Crippen molar-refractivity contribution in [1.82, 2.24) is 15.1 Å². The van der Waals surface area contributed by atoms with Crippen LogP contribution in [0, 0.1) is 5.82 Å². The minimum absolute atomic E-state index is 0.218. The van der Waals surface area contributed by atoms with Crippen molar-refractivity contribution in [3.63, 3.8) is 0 Å². The Balaban J connectivity index is 2.04. The number of hydrogen-bond donors (Lipinski definition) is 1. The Morgan fingerprint density at radius 1 is 1.25 bits per heavy atom. The largest absolute Gasteiger partial charge is 0.398 e. The van der Waals surface area contributed by atoms with E-state index in [0.29, 0.717) is 17.1 Å². The summed E-state index contributed by atoms with van der Waals surface area (Å²) in [6.45, 7) is 0. The van der Waals surface area contributed by atoms with Crippen molar-refractivity contribution in [2.45, 2.75) is 0 Å². The molecular formula is C13H8BrFN4O. The normalized spacial score (nSPS) is 10.7. The summed E-state index contributed by atoms with van der Waals surface area (Å²) in [4.78, 5) is 8.40. The molecule has 20 heavy (non-hydrogen) atoms. The monoisotopic (exact) mass is 334 g/mol. The van der Waals surface area contributed by atoms with Gasteiger partial charge in [-0.2, -0.15) is 4.98 Å². The van der Waals surface area contributed by atoms with Crippen LogP contribution in [0.15, 0.2) is 45.5 Å². The van der Waals surface area contributed by atoms with Crippen LogP contribution in [0.4, 0.5) is 10.1 Å². The first-order chi connectivity index (χ1) is 9.65. The van der Waals surface area contributed by atoms with Crippen molar-refractivity contribution in [2.75, 3.05) is 5.73 Å². The zero-order valence-electron chi connectivity index (χ0n) is 10.0. The molecule has 5 nitrogen and oxygen atoms in total. The van der Waals surface area contributed by atoms with Crippen LogP contribution in [0.5, 0.6) is 0 Å². The summed E-state index contributed by atoms with van der Waals surface area (Å²) in [5.74, 6) is 0.129. The molecule has 2 N–H and O–H groups in total. The molecule has 0 spiro atoms. The average molecular weight is 335 g/mol. The molecule has 1 aromatic carbocycles. The second-order valence-corrected chi connectivity index (χ2v) is 4.84. The fourth-order valence-electron chi connectivity index (χ4n) is 1.71. The highest BCUT2D eigenvalue weighted by Gasteiger charge is 2.15. The predicted molar refractivity (Wildman–Crippen MR) is 75.0 cm³/mol. The standard InChI is InChI=1S/C13H8BrFN4O/c14-9-2-1-5-17-11(9)12-18-13(20-19-12)8-4-3-7(15)6-10(8)16/h1-6H,16H2. The Labute approximate surface area is 121 Å². The molecule has 0 aliphatic carbocycles. The second kappa shape index (κ2) is 5.01. The molecule has 0 amide bonds. The number of hydrogen-bond acceptors (Lipinski definition) is 5. The first-order valence-electron chi connectivity index (χ1n) is 5.65.